The van der Waals surface area contributed by atoms with E-state index in [1.807, 2.05) is 13.8 Å². The Morgan fingerprint density at radius 2 is 2.00 bits per heavy atom. The standard InChI is InChI=1S/C14H18FNO4/c1-8(2)5-9(14(19)20)7-16-13(18)11-6-10(15)3-4-12(11)17/h3-4,6,8-9,17H,5,7H2,1-2H3,(H,16,18)(H,19,20). The average molecular weight is 283 g/mol. The molecule has 0 bridgehead atoms. The SMILES string of the molecule is CC(C)CC(CNC(=O)c1cc(F)ccc1O)C(=O)O. The number of aliphatic carboxylic acids is 1. The molecule has 0 aliphatic carbocycles. The molecule has 5 nitrogen and oxygen atoms in total. The maximum atomic E-state index is 13.0. The highest BCUT2D eigenvalue weighted by Crippen LogP contribution is 2.18. The first-order valence-electron chi connectivity index (χ1n) is 6.30. The van der Waals surface area contributed by atoms with Crippen LogP contribution in [0.3, 0.4) is 0 Å². The summed E-state index contributed by atoms with van der Waals surface area (Å²) in [5.41, 5.74) is -0.210. The molecule has 1 amide bonds. The van der Waals surface area contributed by atoms with Crippen LogP contribution < -0.4 is 5.32 Å². The molecule has 1 aromatic carbocycles. The van der Waals surface area contributed by atoms with Crippen molar-refractivity contribution in [2.75, 3.05) is 6.54 Å². The van der Waals surface area contributed by atoms with Crippen molar-refractivity contribution in [2.24, 2.45) is 11.8 Å². The van der Waals surface area contributed by atoms with Crippen molar-refractivity contribution in [1.82, 2.24) is 5.32 Å². The van der Waals surface area contributed by atoms with Gasteiger partial charge in [-0.05, 0) is 30.5 Å². The molecule has 0 aliphatic rings. The first-order valence-corrected chi connectivity index (χ1v) is 6.30. The molecule has 1 aromatic rings. The van der Waals surface area contributed by atoms with Gasteiger partial charge in [-0.15, -0.1) is 0 Å². The zero-order chi connectivity index (χ0) is 15.3. The van der Waals surface area contributed by atoms with Crippen LogP contribution >= 0.6 is 0 Å². The Kier molecular flexibility index (Phi) is 5.49. The highest BCUT2D eigenvalue weighted by atomic mass is 19.1. The van der Waals surface area contributed by atoms with Crippen LogP contribution in [0.25, 0.3) is 0 Å². The summed E-state index contributed by atoms with van der Waals surface area (Å²) < 4.78 is 13.0. The van der Waals surface area contributed by atoms with Crippen molar-refractivity contribution in [3.8, 4) is 5.75 Å². The second-order valence-corrected chi connectivity index (χ2v) is 5.04. The van der Waals surface area contributed by atoms with Crippen LogP contribution in [0.5, 0.6) is 5.75 Å². The van der Waals surface area contributed by atoms with Gasteiger partial charge >= 0.3 is 5.97 Å². The molecular weight excluding hydrogens is 265 g/mol. The predicted octanol–water partition coefficient (Wildman–Crippen LogP) is 2.01. The molecule has 0 spiro atoms. The van der Waals surface area contributed by atoms with E-state index in [0.717, 1.165) is 18.2 Å². The van der Waals surface area contributed by atoms with Crippen LogP contribution in [0.1, 0.15) is 30.6 Å². The smallest absolute Gasteiger partial charge is 0.308 e. The van der Waals surface area contributed by atoms with Gasteiger partial charge in [0, 0.05) is 6.54 Å². The van der Waals surface area contributed by atoms with E-state index in [4.69, 9.17) is 5.11 Å². The van der Waals surface area contributed by atoms with Gasteiger partial charge in [-0.2, -0.15) is 0 Å². The summed E-state index contributed by atoms with van der Waals surface area (Å²) in [5.74, 6) is -3.23. The van der Waals surface area contributed by atoms with Crippen molar-refractivity contribution in [2.45, 2.75) is 20.3 Å². The molecule has 0 aliphatic heterocycles. The fraction of sp³-hybridized carbons (Fsp3) is 0.429. The molecule has 0 heterocycles. The Hall–Kier alpha value is -2.11. The van der Waals surface area contributed by atoms with Crippen LogP contribution in [-0.4, -0.2) is 28.6 Å². The number of aromatic hydroxyl groups is 1. The zero-order valence-corrected chi connectivity index (χ0v) is 11.4. The monoisotopic (exact) mass is 283 g/mol. The number of phenolic OH excluding ortho intramolecular Hbond substituents is 1. The Morgan fingerprint density at radius 3 is 2.55 bits per heavy atom. The summed E-state index contributed by atoms with van der Waals surface area (Å²) in [6.07, 6.45) is 0.421. The summed E-state index contributed by atoms with van der Waals surface area (Å²) in [6.45, 7) is 3.70. The molecule has 1 rings (SSSR count). The number of rotatable bonds is 6. The van der Waals surface area contributed by atoms with Gasteiger partial charge in [-0.1, -0.05) is 13.8 Å². The van der Waals surface area contributed by atoms with Gasteiger partial charge in [-0.3, -0.25) is 9.59 Å². The fourth-order valence-electron chi connectivity index (χ4n) is 1.84. The number of carboxylic acids is 1. The molecule has 0 saturated heterocycles. The van der Waals surface area contributed by atoms with Gasteiger partial charge in [0.1, 0.15) is 11.6 Å². The molecule has 3 N–H and O–H groups in total. The molecule has 1 atom stereocenters. The third-order valence-corrected chi connectivity index (χ3v) is 2.82. The maximum absolute atomic E-state index is 13.0. The summed E-state index contributed by atoms with van der Waals surface area (Å²) >= 11 is 0. The topological polar surface area (TPSA) is 86.6 Å². The lowest BCUT2D eigenvalue weighted by Crippen LogP contribution is -2.33. The number of amides is 1. The van der Waals surface area contributed by atoms with E-state index in [-0.39, 0.29) is 23.8 Å². The highest BCUT2D eigenvalue weighted by Gasteiger charge is 2.21. The minimum atomic E-state index is -0.998. The van der Waals surface area contributed by atoms with Crippen molar-refractivity contribution >= 4 is 11.9 Å². The van der Waals surface area contributed by atoms with Crippen molar-refractivity contribution in [3.63, 3.8) is 0 Å². The van der Waals surface area contributed by atoms with E-state index >= 15 is 0 Å². The molecule has 20 heavy (non-hydrogen) atoms. The third-order valence-electron chi connectivity index (χ3n) is 2.82. The maximum Gasteiger partial charge on any atom is 0.308 e. The van der Waals surface area contributed by atoms with Crippen molar-refractivity contribution in [1.29, 1.82) is 0 Å². The number of carboxylic acid groups (broad SMARTS) is 1. The van der Waals surface area contributed by atoms with E-state index in [2.05, 4.69) is 5.32 Å². The molecule has 6 heteroatoms. The van der Waals surface area contributed by atoms with Crippen molar-refractivity contribution in [3.05, 3.63) is 29.6 Å². The number of benzene rings is 1. The number of phenols is 1. The minimum Gasteiger partial charge on any atom is -0.507 e. The number of nitrogens with one attached hydrogen (secondary N) is 1. The first kappa shape index (κ1) is 15.9. The second-order valence-electron chi connectivity index (χ2n) is 5.04. The van der Waals surface area contributed by atoms with Crippen LogP contribution in [0, 0.1) is 17.7 Å². The number of carbonyl (C=O) groups excluding carboxylic acids is 1. The highest BCUT2D eigenvalue weighted by molar-refractivity contribution is 5.96. The second kappa shape index (κ2) is 6.88. The molecule has 110 valence electrons. The van der Waals surface area contributed by atoms with Gasteiger partial charge in [-0.25, -0.2) is 4.39 Å². The average Bonchev–Trinajstić information content (AvgIpc) is 2.36. The van der Waals surface area contributed by atoms with E-state index in [9.17, 15) is 19.1 Å². The lowest BCUT2D eigenvalue weighted by atomic mass is 9.97. The zero-order valence-electron chi connectivity index (χ0n) is 11.4. The van der Waals surface area contributed by atoms with Crippen LogP contribution in [0.4, 0.5) is 4.39 Å². The quantitative estimate of drug-likeness (QED) is 0.745. The van der Waals surface area contributed by atoms with E-state index < -0.39 is 23.6 Å². The van der Waals surface area contributed by atoms with Gasteiger partial charge in [0.2, 0.25) is 0 Å². The van der Waals surface area contributed by atoms with E-state index in [0.29, 0.717) is 6.42 Å². The fourth-order valence-corrected chi connectivity index (χ4v) is 1.84. The Labute approximate surface area is 116 Å². The largest absolute Gasteiger partial charge is 0.507 e. The van der Waals surface area contributed by atoms with Crippen LogP contribution in [0.15, 0.2) is 18.2 Å². The van der Waals surface area contributed by atoms with Crippen LogP contribution in [0.2, 0.25) is 0 Å². The first-order chi connectivity index (χ1) is 9.31. The summed E-state index contributed by atoms with van der Waals surface area (Å²) in [6, 6.07) is 3.01. The van der Waals surface area contributed by atoms with Crippen LogP contribution in [-0.2, 0) is 4.79 Å². The molecule has 0 aromatic heterocycles. The van der Waals surface area contributed by atoms with Gasteiger partial charge in [0.15, 0.2) is 0 Å². The summed E-state index contributed by atoms with van der Waals surface area (Å²) in [5, 5.41) is 20.9. The van der Waals surface area contributed by atoms with E-state index in [1.54, 1.807) is 0 Å². The molecule has 0 fully saturated rings. The lowest BCUT2D eigenvalue weighted by Gasteiger charge is -2.15. The van der Waals surface area contributed by atoms with Gasteiger partial charge in [0.05, 0.1) is 11.5 Å². The van der Waals surface area contributed by atoms with Gasteiger partial charge < -0.3 is 15.5 Å². The molecule has 1 unspecified atom stereocenters. The van der Waals surface area contributed by atoms with Crippen molar-refractivity contribution < 1.29 is 24.2 Å². The summed E-state index contributed by atoms with van der Waals surface area (Å²) in [7, 11) is 0. The minimum absolute atomic E-state index is 0.0672. The normalized spacial score (nSPS) is 12.2. The Morgan fingerprint density at radius 1 is 1.35 bits per heavy atom. The molecule has 0 radical (unpaired) electrons. The Bertz CT molecular complexity index is 502. The molecule has 0 saturated carbocycles. The summed E-state index contributed by atoms with van der Waals surface area (Å²) in [4.78, 5) is 22.8. The lowest BCUT2D eigenvalue weighted by molar-refractivity contribution is -0.142. The molecular formula is C14H18FNO4. The van der Waals surface area contributed by atoms with Gasteiger partial charge in [0.25, 0.3) is 5.91 Å². The predicted molar refractivity (Wildman–Crippen MR) is 71.0 cm³/mol. The third kappa shape index (κ3) is 4.53. The number of halogens is 1. The number of hydrogen-bond donors (Lipinski definition) is 3. The number of hydrogen-bond acceptors (Lipinski definition) is 3. The Balaban J connectivity index is 2.70. The van der Waals surface area contributed by atoms with E-state index in [1.165, 1.54) is 0 Å². The number of carbonyl (C=O) groups is 2.